The number of amides is 2. The van der Waals surface area contributed by atoms with E-state index >= 15 is 0 Å². The molecule has 1 aromatic rings. The number of rotatable bonds is 5. The number of carbonyl (C=O) groups excluding carboxylic acids is 2. The molecule has 7 nitrogen and oxygen atoms in total. The van der Waals surface area contributed by atoms with Gasteiger partial charge in [-0.2, -0.15) is 0 Å². The van der Waals surface area contributed by atoms with E-state index < -0.39 is 28.1 Å². The van der Waals surface area contributed by atoms with Crippen LogP contribution in [-0.2, 0) is 19.6 Å². The van der Waals surface area contributed by atoms with Crippen molar-refractivity contribution in [1.29, 1.82) is 0 Å². The van der Waals surface area contributed by atoms with Crippen molar-refractivity contribution in [2.45, 2.75) is 63.0 Å². The van der Waals surface area contributed by atoms with Crippen LogP contribution in [0.15, 0.2) is 29.2 Å². The lowest BCUT2D eigenvalue weighted by molar-refractivity contribution is -0.145. The fourth-order valence-electron chi connectivity index (χ4n) is 2.88. The maximum Gasteiger partial charge on any atom is 0.328 e. The van der Waals surface area contributed by atoms with Crippen LogP contribution < -0.4 is 10.0 Å². The van der Waals surface area contributed by atoms with Gasteiger partial charge in [-0.15, -0.1) is 0 Å². The number of sulfonamides is 1. The molecule has 1 saturated carbocycles. The maximum atomic E-state index is 12.3. The fourth-order valence-corrected chi connectivity index (χ4v) is 3.79. The van der Waals surface area contributed by atoms with Crippen LogP contribution in [0.1, 0.15) is 57.6 Å². The van der Waals surface area contributed by atoms with Gasteiger partial charge in [-0.05, 0) is 37.5 Å². The SMILES string of the molecule is CC(=O)OC(C)c1ccc(S(=O)(=O)NC(=O)NC2CCCCC2)cc1. The summed E-state index contributed by atoms with van der Waals surface area (Å²) in [6, 6.07) is 5.19. The summed E-state index contributed by atoms with van der Waals surface area (Å²) in [5.41, 5.74) is 0.667. The molecule has 25 heavy (non-hydrogen) atoms. The molecule has 2 N–H and O–H groups in total. The monoisotopic (exact) mass is 368 g/mol. The summed E-state index contributed by atoms with van der Waals surface area (Å²) >= 11 is 0. The van der Waals surface area contributed by atoms with E-state index in [2.05, 4.69) is 5.32 Å². The topological polar surface area (TPSA) is 102 Å². The Hall–Kier alpha value is -2.09. The third-order valence-corrected chi connectivity index (χ3v) is 5.52. The molecule has 2 rings (SSSR count). The van der Waals surface area contributed by atoms with E-state index in [1.54, 1.807) is 19.1 Å². The number of hydrogen-bond donors (Lipinski definition) is 2. The van der Waals surface area contributed by atoms with Crippen LogP contribution in [-0.4, -0.2) is 26.5 Å². The quantitative estimate of drug-likeness (QED) is 0.778. The molecule has 1 aromatic carbocycles. The number of benzene rings is 1. The summed E-state index contributed by atoms with van der Waals surface area (Å²) in [5, 5.41) is 2.71. The van der Waals surface area contributed by atoms with Crippen LogP contribution in [0.25, 0.3) is 0 Å². The molecule has 1 aliphatic carbocycles. The van der Waals surface area contributed by atoms with E-state index in [0.717, 1.165) is 32.1 Å². The van der Waals surface area contributed by atoms with Crippen LogP contribution in [0.2, 0.25) is 0 Å². The van der Waals surface area contributed by atoms with Crippen molar-refractivity contribution in [3.05, 3.63) is 29.8 Å². The lowest BCUT2D eigenvalue weighted by Crippen LogP contribution is -2.45. The number of urea groups is 1. The van der Waals surface area contributed by atoms with Crippen molar-refractivity contribution in [1.82, 2.24) is 10.0 Å². The van der Waals surface area contributed by atoms with Crippen LogP contribution in [0.3, 0.4) is 0 Å². The van der Waals surface area contributed by atoms with Crippen LogP contribution >= 0.6 is 0 Å². The Kier molecular flexibility index (Phi) is 6.41. The molecule has 1 atom stereocenters. The largest absolute Gasteiger partial charge is 0.458 e. The molecule has 0 heterocycles. The molecule has 1 unspecified atom stereocenters. The average molecular weight is 368 g/mol. The highest BCUT2D eigenvalue weighted by Gasteiger charge is 2.21. The smallest absolute Gasteiger partial charge is 0.328 e. The summed E-state index contributed by atoms with van der Waals surface area (Å²) < 4.78 is 31.7. The van der Waals surface area contributed by atoms with E-state index in [0.29, 0.717) is 5.56 Å². The van der Waals surface area contributed by atoms with E-state index in [1.807, 2.05) is 4.72 Å². The van der Waals surface area contributed by atoms with E-state index in [4.69, 9.17) is 4.74 Å². The van der Waals surface area contributed by atoms with Gasteiger partial charge in [-0.25, -0.2) is 17.9 Å². The maximum absolute atomic E-state index is 12.3. The second kappa shape index (κ2) is 8.33. The zero-order valence-corrected chi connectivity index (χ0v) is 15.3. The number of carbonyl (C=O) groups is 2. The normalized spacial score (nSPS) is 16.7. The standard InChI is InChI=1S/C17H24N2O5S/c1-12(24-13(2)20)14-8-10-16(11-9-14)25(22,23)19-17(21)18-15-6-4-3-5-7-15/h8-12,15H,3-7H2,1-2H3,(H2,18,19,21). The molecule has 0 aromatic heterocycles. The van der Waals surface area contributed by atoms with Gasteiger partial charge in [0.2, 0.25) is 0 Å². The van der Waals surface area contributed by atoms with Crippen molar-refractivity contribution in [2.75, 3.05) is 0 Å². The Morgan fingerprint density at radius 1 is 1.12 bits per heavy atom. The first-order valence-electron chi connectivity index (χ1n) is 8.38. The predicted molar refractivity (Wildman–Crippen MR) is 92.3 cm³/mol. The molecule has 0 saturated heterocycles. The molecule has 138 valence electrons. The summed E-state index contributed by atoms with van der Waals surface area (Å²) in [6.45, 7) is 3.00. The third kappa shape index (κ3) is 5.74. The first kappa shape index (κ1) is 19.2. The molecule has 2 amide bonds. The lowest BCUT2D eigenvalue weighted by Gasteiger charge is -2.22. The predicted octanol–water partition coefficient (Wildman–Crippen LogP) is 2.63. The van der Waals surface area contributed by atoms with Gasteiger partial charge < -0.3 is 10.1 Å². The number of nitrogens with one attached hydrogen (secondary N) is 2. The summed E-state index contributed by atoms with van der Waals surface area (Å²) in [7, 11) is -3.95. The van der Waals surface area contributed by atoms with Crippen LogP contribution in [0, 0.1) is 0 Å². The van der Waals surface area contributed by atoms with Crippen LogP contribution in [0.4, 0.5) is 4.79 Å². The molecule has 0 bridgehead atoms. The van der Waals surface area contributed by atoms with Gasteiger partial charge >= 0.3 is 12.0 Å². The molecule has 0 radical (unpaired) electrons. The van der Waals surface area contributed by atoms with Gasteiger partial charge in [0.25, 0.3) is 10.0 Å². The van der Waals surface area contributed by atoms with Gasteiger partial charge in [0, 0.05) is 13.0 Å². The fraction of sp³-hybridized carbons (Fsp3) is 0.529. The Bertz CT molecular complexity index is 709. The molecule has 0 spiro atoms. The van der Waals surface area contributed by atoms with Crippen molar-refractivity contribution >= 4 is 22.0 Å². The first-order valence-corrected chi connectivity index (χ1v) is 9.87. The van der Waals surface area contributed by atoms with Gasteiger partial charge in [0.1, 0.15) is 6.10 Å². The van der Waals surface area contributed by atoms with Gasteiger partial charge in [-0.3, -0.25) is 4.79 Å². The highest BCUT2D eigenvalue weighted by Crippen LogP contribution is 2.20. The zero-order chi connectivity index (χ0) is 18.4. The number of ether oxygens (including phenoxy) is 1. The molecule has 0 aliphatic heterocycles. The number of esters is 1. The van der Waals surface area contributed by atoms with E-state index in [9.17, 15) is 18.0 Å². The minimum absolute atomic E-state index is 0.0231. The van der Waals surface area contributed by atoms with Gasteiger partial charge in [0.05, 0.1) is 4.90 Å². The molecule has 1 fully saturated rings. The van der Waals surface area contributed by atoms with Crippen LogP contribution in [0.5, 0.6) is 0 Å². The second-order valence-electron chi connectivity index (χ2n) is 6.23. The van der Waals surface area contributed by atoms with Crippen molar-refractivity contribution in [2.24, 2.45) is 0 Å². The summed E-state index contributed by atoms with van der Waals surface area (Å²) in [6.07, 6.45) is 4.50. The summed E-state index contributed by atoms with van der Waals surface area (Å²) in [5.74, 6) is -0.412. The third-order valence-electron chi connectivity index (χ3n) is 4.17. The average Bonchev–Trinajstić information content (AvgIpc) is 2.54. The second-order valence-corrected chi connectivity index (χ2v) is 7.92. The zero-order valence-electron chi connectivity index (χ0n) is 14.4. The van der Waals surface area contributed by atoms with E-state index in [-0.39, 0.29) is 10.9 Å². The highest BCUT2D eigenvalue weighted by molar-refractivity contribution is 7.90. The minimum atomic E-state index is -3.95. The molecule has 1 aliphatic rings. The number of hydrogen-bond acceptors (Lipinski definition) is 5. The molecule has 8 heteroatoms. The Balaban J connectivity index is 1.98. The van der Waals surface area contributed by atoms with Crippen molar-refractivity contribution in [3.8, 4) is 0 Å². The van der Waals surface area contributed by atoms with Crippen molar-refractivity contribution in [3.63, 3.8) is 0 Å². The highest BCUT2D eigenvalue weighted by atomic mass is 32.2. The Morgan fingerprint density at radius 3 is 2.28 bits per heavy atom. The molecular weight excluding hydrogens is 344 g/mol. The Morgan fingerprint density at radius 2 is 1.72 bits per heavy atom. The Labute approximate surface area is 148 Å². The minimum Gasteiger partial charge on any atom is -0.458 e. The summed E-state index contributed by atoms with van der Waals surface area (Å²) in [4.78, 5) is 22.9. The van der Waals surface area contributed by atoms with Gasteiger partial charge in [0.15, 0.2) is 0 Å². The lowest BCUT2D eigenvalue weighted by atomic mass is 9.96. The van der Waals surface area contributed by atoms with Crippen molar-refractivity contribution < 1.29 is 22.7 Å². The first-order chi connectivity index (χ1) is 11.8. The van der Waals surface area contributed by atoms with E-state index in [1.165, 1.54) is 19.1 Å². The van der Waals surface area contributed by atoms with Gasteiger partial charge in [-0.1, -0.05) is 31.4 Å². The molecular formula is C17H24N2O5S.